The van der Waals surface area contributed by atoms with Crippen molar-refractivity contribution in [1.82, 2.24) is 4.57 Å². The Kier molecular flexibility index (Phi) is 7.93. The number of aryl methyl sites for hydroxylation is 1. The van der Waals surface area contributed by atoms with Crippen molar-refractivity contribution >= 4 is 29.1 Å². The van der Waals surface area contributed by atoms with Crippen molar-refractivity contribution in [2.24, 2.45) is 4.99 Å². The number of hydrogen-bond acceptors (Lipinski definition) is 8. The number of ether oxygens (including phenoxy) is 2. The number of carbonyl (C=O) groups is 1. The molecule has 208 valence electrons. The average Bonchev–Trinajstić information content (AvgIpc) is 3.26. The van der Waals surface area contributed by atoms with Crippen molar-refractivity contribution in [3.63, 3.8) is 0 Å². The lowest BCUT2D eigenvalue weighted by molar-refractivity contribution is -0.384. The minimum Gasteiger partial charge on any atom is -0.489 e. The molecule has 1 unspecified atom stereocenters. The van der Waals surface area contributed by atoms with Gasteiger partial charge in [-0.05, 0) is 67.8 Å². The van der Waals surface area contributed by atoms with E-state index in [1.165, 1.54) is 23.5 Å². The third-order valence-electron chi connectivity index (χ3n) is 6.64. The van der Waals surface area contributed by atoms with Gasteiger partial charge in [0.15, 0.2) is 4.80 Å². The van der Waals surface area contributed by atoms with Crippen LogP contribution < -0.4 is 19.6 Å². The van der Waals surface area contributed by atoms with Crippen LogP contribution in [0.1, 0.15) is 42.1 Å². The highest BCUT2D eigenvalue weighted by molar-refractivity contribution is 7.07. The molecule has 1 aliphatic heterocycles. The second-order valence-electron chi connectivity index (χ2n) is 9.49. The molecule has 0 amide bonds. The van der Waals surface area contributed by atoms with Gasteiger partial charge in [-0.3, -0.25) is 19.5 Å². The number of nitrogens with zero attached hydrogens (tertiary/aromatic N) is 3. The summed E-state index contributed by atoms with van der Waals surface area (Å²) in [6, 6.07) is 20.6. The zero-order valence-electron chi connectivity index (χ0n) is 22.7. The van der Waals surface area contributed by atoms with Crippen LogP contribution in [0, 0.1) is 17.0 Å². The number of rotatable bonds is 8. The number of hydrogen-bond donors (Lipinski definition) is 0. The van der Waals surface area contributed by atoms with Crippen molar-refractivity contribution in [3.05, 3.63) is 136 Å². The predicted octanol–water partition coefficient (Wildman–Crippen LogP) is 4.59. The van der Waals surface area contributed by atoms with Gasteiger partial charge in [0.25, 0.3) is 11.2 Å². The number of allylic oxidation sites excluding steroid dienone is 1. The molecule has 2 heterocycles. The normalized spacial score (nSPS) is 14.8. The molecule has 0 aliphatic carbocycles. The molecule has 41 heavy (non-hydrogen) atoms. The Morgan fingerprint density at radius 2 is 1.73 bits per heavy atom. The standard InChI is InChI=1S/C31H27N3O6S/c1-4-39-30(36)27-20(3)32-31-33(28(27)23-11-5-19(2)6-12-23)29(35)26(41-31)17-21-9-15-25(16-10-21)40-18-22-7-13-24(14-8-22)34(37)38/h5-17,28H,4,18H2,1-3H3. The van der Waals surface area contributed by atoms with Gasteiger partial charge in [0.2, 0.25) is 0 Å². The van der Waals surface area contributed by atoms with Crippen LogP contribution >= 0.6 is 11.3 Å². The fraction of sp³-hybridized carbons (Fsp3) is 0.194. The molecule has 4 aromatic rings. The Labute approximate surface area is 239 Å². The molecule has 0 saturated heterocycles. The zero-order chi connectivity index (χ0) is 29.1. The Morgan fingerprint density at radius 1 is 1.05 bits per heavy atom. The van der Waals surface area contributed by atoms with Crippen LogP contribution in [0.2, 0.25) is 0 Å². The van der Waals surface area contributed by atoms with Gasteiger partial charge in [0.1, 0.15) is 12.4 Å². The molecule has 0 spiro atoms. The third-order valence-corrected chi connectivity index (χ3v) is 7.62. The van der Waals surface area contributed by atoms with Gasteiger partial charge in [-0.25, -0.2) is 9.79 Å². The summed E-state index contributed by atoms with van der Waals surface area (Å²) in [5.41, 5.74) is 4.14. The van der Waals surface area contributed by atoms with E-state index in [1.54, 1.807) is 48.8 Å². The quantitative estimate of drug-likeness (QED) is 0.174. The number of non-ortho nitro benzene ring substituents is 1. The molecular formula is C31H27N3O6S. The lowest BCUT2D eigenvalue weighted by Crippen LogP contribution is -2.39. The van der Waals surface area contributed by atoms with Crippen LogP contribution in [0.25, 0.3) is 6.08 Å². The highest BCUT2D eigenvalue weighted by Gasteiger charge is 2.33. The van der Waals surface area contributed by atoms with Gasteiger partial charge in [-0.1, -0.05) is 53.3 Å². The van der Waals surface area contributed by atoms with E-state index in [2.05, 4.69) is 4.99 Å². The van der Waals surface area contributed by atoms with Crippen LogP contribution in [0.5, 0.6) is 5.75 Å². The van der Waals surface area contributed by atoms with E-state index in [1.807, 2.05) is 43.3 Å². The Balaban J connectivity index is 1.44. The first kappa shape index (κ1) is 27.7. The van der Waals surface area contributed by atoms with Gasteiger partial charge in [0.05, 0.1) is 33.4 Å². The molecule has 0 fully saturated rings. The van der Waals surface area contributed by atoms with E-state index in [0.29, 0.717) is 26.4 Å². The SMILES string of the molecule is CCOC(=O)C1=C(C)N=c2sc(=Cc3ccc(OCc4ccc([N+](=O)[O-])cc4)cc3)c(=O)n2C1c1ccc(C)cc1. The second kappa shape index (κ2) is 11.7. The minimum absolute atomic E-state index is 0.0286. The number of thiazole rings is 1. The maximum Gasteiger partial charge on any atom is 0.338 e. The predicted molar refractivity (Wildman–Crippen MR) is 155 cm³/mol. The van der Waals surface area contributed by atoms with Crippen molar-refractivity contribution < 1.29 is 19.2 Å². The summed E-state index contributed by atoms with van der Waals surface area (Å²) >= 11 is 1.27. The third kappa shape index (κ3) is 5.87. The number of benzene rings is 3. The van der Waals surface area contributed by atoms with Gasteiger partial charge < -0.3 is 9.47 Å². The summed E-state index contributed by atoms with van der Waals surface area (Å²) in [6.45, 7) is 5.97. The first-order valence-electron chi connectivity index (χ1n) is 13.0. The van der Waals surface area contributed by atoms with Crippen LogP contribution in [0.4, 0.5) is 5.69 Å². The summed E-state index contributed by atoms with van der Waals surface area (Å²) < 4.78 is 13.2. The Bertz CT molecular complexity index is 1820. The highest BCUT2D eigenvalue weighted by Crippen LogP contribution is 2.30. The van der Waals surface area contributed by atoms with Crippen LogP contribution in [0.3, 0.4) is 0 Å². The maximum atomic E-state index is 13.7. The zero-order valence-corrected chi connectivity index (χ0v) is 23.5. The van der Waals surface area contributed by atoms with E-state index < -0.39 is 16.9 Å². The van der Waals surface area contributed by atoms with Gasteiger partial charge in [0, 0.05) is 12.1 Å². The molecule has 0 N–H and O–H groups in total. The number of fused-ring (bicyclic) bond motifs is 1. The minimum atomic E-state index is -0.650. The lowest BCUT2D eigenvalue weighted by Gasteiger charge is -2.24. The molecule has 3 aromatic carbocycles. The summed E-state index contributed by atoms with van der Waals surface area (Å²) in [5, 5.41) is 10.8. The maximum absolute atomic E-state index is 13.7. The largest absolute Gasteiger partial charge is 0.489 e. The fourth-order valence-corrected chi connectivity index (χ4v) is 5.59. The van der Waals surface area contributed by atoms with Crippen molar-refractivity contribution in [2.75, 3.05) is 6.61 Å². The lowest BCUT2D eigenvalue weighted by atomic mass is 9.95. The van der Waals surface area contributed by atoms with Crippen LogP contribution in [0.15, 0.2) is 93.9 Å². The van der Waals surface area contributed by atoms with E-state index in [-0.39, 0.29) is 24.5 Å². The molecule has 9 nitrogen and oxygen atoms in total. The Morgan fingerprint density at radius 3 is 2.37 bits per heavy atom. The molecule has 1 atom stereocenters. The number of nitro groups is 1. The van der Waals surface area contributed by atoms with Gasteiger partial charge in [-0.15, -0.1) is 0 Å². The van der Waals surface area contributed by atoms with Gasteiger partial charge in [-0.2, -0.15) is 0 Å². The summed E-state index contributed by atoms with van der Waals surface area (Å²) in [7, 11) is 0. The average molecular weight is 570 g/mol. The molecule has 1 aromatic heterocycles. The van der Waals surface area contributed by atoms with E-state index in [4.69, 9.17) is 9.47 Å². The molecule has 0 bridgehead atoms. The second-order valence-corrected chi connectivity index (χ2v) is 10.5. The number of nitro benzene ring substituents is 1. The van der Waals surface area contributed by atoms with E-state index >= 15 is 0 Å². The molecule has 10 heteroatoms. The van der Waals surface area contributed by atoms with Crippen LogP contribution in [-0.2, 0) is 16.1 Å². The summed E-state index contributed by atoms with van der Waals surface area (Å²) in [5.74, 6) is 0.133. The molecular weight excluding hydrogens is 542 g/mol. The van der Waals surface area contributed by atoms with E-state index in [0.717, 1.165) is 22.3 Å². The number of carbonyl (C=O) groups excluding carboxylic acids is 1. The molecule has 0 saturated carbocycles. The van der Waals surface area contributed by atoms with Crippen molar-refractivity contribution in [2.45, 2.75) is 33.4 Å². The monoisotopic (exact) mass is 569 g/mol. The smallest absolute Gasteiger partial charge is 0.338 e. The van der Waals surface area contributed by atoms with E-state index in [9.17, 15) is 19.7 Å². The van der Waals surface area contributed by atoms with Crippen LogP contribution in [-0.4, -0.2) is 22.1 Å². The fourth-order valence-electron chi connectivity index (χ4n) is 4.55. The molecule has 5 rings (SSSR count). The highest BCUT2D eigenvalue weighted by atomic mass is 32.1. The molecule has 0 radical (unpaired) electrons. The molecule has 1 aliphatic rings. The number of esters is 1. The number of aromatic nitrogens is 1. The summed E-state index contributed by atoms with van der Waals surface area (Å²) in [4.78, 5) is 42.2. The first-order chi connectivity index (χ1) is 19.7. The topological polar surface area (TPSA) is 113 Å². The van der Waals surface area contributed by atoms with Crippen molar-refractivity contribution in [3.8, 4) is 5.75 Å². The first-order valence-corrected chi connectivity index (χ1v) is 13.8. The summed E-state index contributed by atoms with van der Waals surface area (Å²) in [6.07, 6.45) is 1.79. The van der Waals surface area contributed by atoms with Crippen molar-refractivity contribution in [1.29, 1.82) is 0 Å². The van der Waals surface area contributed by atoms with Gasteiger partial charge >= 0.3 is 5.97 Å². The Hall–Kier alpha value is -4.83.